The molecule has 2 aliphatic carbocycles. The van der Waals surface area contributed by atoms with Crippen LogP contribution in [0.4, 0.5) is 5.69 Å². The lowest BCUT2D eigenvalue weighted by molar-refractivity contribution is 0.0516. The predicted molar refractivity (Wildman–Crippen MR) is 223 cm³/mol. The molecule has 3 heterocycles. The van der Waals surface area contributed by atoms with Gasteiger partial charge < -0.3 is 24.0 Å². The number of benzene rings is 4. The molecule has 4 aromatic carbocycles. The maximum atomic E-state index is 7.84. The minimum Gasteiger partial charge on any atom is -0.473 e. The molecule has 0 saturated carbocycles. The maximum Gasteiger partial charge on any atom is 0.174 e. The van der Waals surface area contributed by atoms with Gasteiger partial charge in [0.2, 0.25) is 0 Å². The van der Waals surface area contributed by atoms with Crippen molar-refractivity contribution < 1.29 is 14.2 Å². The average molecular weight is 743 g/mol. The number of hydrogen-bond acceptors (Lipinski definition) is 7. The lowest BCUT2D eigenvalue weighted by atomic mass is 9.71. The molecule has 5 nitrogen and oxygen atoms in total. The van der Waals surface area contributed by atoms with Crippen LogP contribution in [0.5, 0.6) is 5.75 Å². The van der Waals surface area contributed by atoms with Gasteiger partial charge in [-0.25, -0.2) is 0 Å². The minimum absolute atomic E-state index is 0.0880. The van der Waals surface area contributed by atoms with Crippen LogP contribution >= 0.6 is 23.5 Å². The zero-order chi connectivity index (χ0) is 36.2. The lowest BCUT2D eigenvalue weighted by Gasteiger charge is -2.42. The van der Waals surface area contributed by atoms with Gasteiger partial charge in [-0.05, 0) is 108 Å². The van der Waals surface area contributed by atoms with Crippen molar-refractivity contribution in [3.8, 4) is 16.9 Å². The molecule has 0 spiro atoms. The van der Waals surface area contributed by atoms with E-state index in [4.69, 9.17) is 14.2 Å². The van der Waals surface area contributed by atoms with Crippen LogP contribution in [-0.4, -0.2) is 70.0 Å². The van der Waals surface area contributed by atoms with Crippen LogP contribution in [-0.2, 0) is 20.5 Å². The largest absolute Gasteiger partial charge is 0.473 e. The van der Waals surface area contributed by atoms with E-state index in [0.29, 0.717) is 0 Å². The van der Waals surface area contributed by atoms with Crippen LogP contribution in [0.1, 0.15) is 61.8 Å². The Balaban J connectivity index is 1.27. The summed E-state index contributed by atoms with van der Waals surface area (Å²) in [6.07, 6.45) is 18.0. The quantitative estimate of drug-likeness (QED) is 0.166. The van der Waals surface area contributed by atoms with Crippen LogP contribution in [0.15, 0.2) is 100.0 Å². The minimum atomic E-state index is -0.741. The van der Waals surface area contributed by atoms with E-state index in [1.54, 1.807) is 0 Å². The molecular formula is C46H50N2O3S2. The summed E-state index contributed by atoms with van der Waals surface area (Å²) in [5.74, 6) is 1.02. The molecule has 9 rings (SSSR count). The Morgan fingerprint density at radius 1 is 0.736 bits per heavy atom. The Labute approximate surface area is 323 Å². The number of ether oxygens (including phenoxy) is 3. The topological polar surface area (TPSA) is 34.2 Å². The molecule has 0 radical (unpaired) electrons. The Hall–Kier alpha value is -3.62. The highest BCUT2D eigenvalue weighted by atomic mass is 32.2. The Morgan fingerprint density at radius 3 is 2.04 bits per heavy atom. The summed E-state index contributed by atoms with van der Waals surface area (Å²) in [6, 6.07) is 23.3. The molecule has 2 saturated heterocycles. The average Bonchev–Trinajstić information content (AvgIpc) is 3.54. The highest BCUT2D eigenvalue weighted by Gasteiger charge is 2.47. The van der Waals surface area contributed by atoms with Crippen molar-refractivity contribution in [3.63, 3.8) is 0 Å². The maximum absolute atomic E-state index is 7.84. The van der Waals surface area contributed by atoms with Crippen molar-refractivity contribution in [3.05, 3.63) is 112 Å². The summed E-state index contributed by atoms with van der Waals surface area (Å²) < 4.78 is 19.2. The summed E-state index contributed by atoms with van der Waals surface area (Å²) in [6.45, 7) is 11.6. The van der Waals surface area contributed by atoms with Crippen molar-refractivity contribution >= 4 is 46.1 Å². The van der Waals surface area contributed by atoms with Crippen LogP contribution in [0.3, 0.4) is 0 Å². The standard InChI is InChI=1S/C46H50N2O3S2/c1-5-45(6-2)39-10-8-7-9-35(39)42-37-29-40(52-3)41(53-4)30-38(37)44-36(43(42)45)19-20-46(51-44,31-11-15-33(16-12-31)47-21-25-49-26-22-47)32-13-17-34(18-14-32)48-23-27-50-28-24-48/h7-13,15-17,19-20,29-30H,5-6,14,18,21-28H2,1-4H3. The molecule has 5 aliphatic rings. The van der Waals surface area contributed by atoms with E-state index in [0.717, 1.165) is 84.0 Å². The van der Waals surface area contributed by atoms with Crippen molar-refractivity contribution in [2.75, 3.05) is 70.0 Å². The van der Waals surface area contributed by atoms with E-state index >= 15 is 0 Å². The van der Waals surface area contributed by atoms with Gasteiger partial charge in [0, 0.05) is 69.3 Å². The first-order valence-electron chi connectivity index (χ1n) is 19.5. The van der Waals surface area contributed by atoms with Gasteiger partial charge in [-0.3, -0.25) is 0 Å². The van der Waals surface area contributed by atoms with Gasteiger partial charge in [0.25, 0.3) is 0 Å². The number of allylic oxidation sites excluding steroid dienone is 3. The van der Waals surface area contributed by atoms with E-state index in [9.17, 15) is 0 Å². The fourth-order valence-corrected chi connectivity index (χ4v) is 11.3. The zero-order valence-corrected chi connectivity index (χ0v) is 33.1. The fraction of sp³-hybridized carbons (Fsp3) is 0.391. The molecule has 1 atom stereocenters. The second-order valence-corrected chi connectivity index (χ2v) is 16.5. The van der Waals surface area contributed by atoms with Crippen molar-refractivity contribution in [1.29, 1.82) is 0 Å². The molecule has 0 N–H and O–H groups in total. The molecule has 0 aromatic heterocycles. The summed E-state index contributed by atoms with van der Waals surface area (Å²) in [5, 5.41) is 2.51. The Kier molecular flexibility index (Phi) is 9.42. The first-order valence-corrected chi connectivity index (χ1v) is 21.9. The summed E-state index contributed by atoms with van der Waals surface area (Å²) >= 11 is 3.67. The van der Waals surface area contributed by atoms with Crippen LogP contribution in [0, 0.1) is 0 Å². The zero-order valence-electron chi connectivity index (χ0n) is 31.5. The summed E-state index contributed by atoms with van der Waals surface area (Å²) in [5.41, 5.74) is 11.2. The third kappa shape index (κ3) is 5.60. The normalized spacial score (nSPS) is 21.8. The second kappa shape index (κ2) is 14.2. The molecule has 0 bridgehead atoms. The number of fused-ring (bicyclic) bond motifs is 8. The van der Waals surface area contributed by atoms with Gasteiger partial charge in [0.1, 0.15) is 5.75 Å². The van der Waals surface area contributed by atoms with E-state index in [1.807, 2.05) is 23.5 Å². The van der Waals surface area contributed by atoms with Crippen LogP contribution in [0.2, 0.25) is 0 Å². The first kappa shape index (κ1) is 35.1. The smallest absolute Gasteiger partial charge is 0.174 e. The van der Waals surface area contributed by atoms with Crippen LogP contribution < -0.4 is 9.64 Å². The predicted octanol–water partition coefficient (Wildman–Crippen LogP) is 10.4. The first-order chi connectivity index (χ1) is 26.0. The lowest BCUT2D eigenvalue weighted by Crippen LogP contribution is -2.39. The Bertz CT molecular complexity index is 2140. The molecule has 53 heavy (non-hydrogen) atoms. The summed E-state index contributed by atoms with van der Waals surface area (Å²) in [4.78, 5) is 7.55. The third-order valence-corrected chi connectivity index (χ3v) is 14.3. The number of hydrogen-bond donors (Lipinski definition) is 0. The third-order valence-electron chi connectivity index (χ3n) is 12.6. The van der Waals surface area contributed by atoms with E-state index in [2.05, 4.69) is 121 Å². The molecule has 7 heteroatoms. The highest BCUT2D eigenvalue weighted by Crippen LogP contribution is 2.61. The van der Waals surface area contributed by atoms with E-state index in [-0.39, 0.29) is 5.41 Å². The number of morpholine rings is 2. The monoisotopic (exact) mass is 742 g/mol. The molecule has 1 unspecified atom stereocenters. The molecule has 274 valence electrons. The van der Waals surface area contributed by atoms with Crippen molar-refractivity contribution in [2.24, 2.45) is 0 Å². The number of nitrogens with zero attached hydrogens (tertiary/aromatic N) is 2. The number of rotatable bonds is 8. The number of anilines is 1. The van der Waals surface area contributed by atoms with Crippen LogP contribution in [0.25, 0.3) is 28.0 Å². The van der Waals surface area contributed by atoms with Gasteiger partial charge in [-0.1, -0.05) is 62.4 Å². The SMILES string of the molecule is CCC1(CC)c2ccccc2-c2c1c1c(c3cc(SC)c(SC)cc23)OC(C2=CC=C(N3CCOCC3)CC2)(c2ccc(N3CCOCC3)cc2)C=C1. The number of thioether (sulfide) groups is 2. The van der Waals surface area contributed by atoms with E-state index < -0.39 is 5.60 Å². The molecule has 3 aliphatic heterocycles. The summed E-state index contributed by atoms with van der Waals surface area (Å²) in [7, 11) is 0. The van der Waals surface area contributed by atoms with Gasteiger partial charge in [0.15, 0.2) is 5.60 Å². The molecule has 4 aromatic rings. The van der Waals surface area contributed by atoms with E-state index in [1.165, 1.54) is 70.9 Å². The highest BCUT2D eigenvalue weighted by molar-refractivity contribution is 8.01. The molecular weight excluding hydrogens is 693 g/mol. The molecule has 2 fully saturated rings. The van der Waals surface area contributed by atoms with Gasteiger partial charge >= 0.3 is 0 Å². The fourth-order valence-electron chi connectivity index (χ4n) is 9.78. The van der Waals surface area contributed by atoms with Gasteiger partial charge in [-0.2, -0.15) is 0 Å². The Morgan fingerprint density at radius 2 is 1.40 bits per heavy atom. The van der Waals surface area contributed by atoms with Gasteiger partial charge in [-0.15, -0.1) is 23.5 Å². The second-order valence-electron chi connectivity index (χ2n) is 14.8. The van der Waals surface area contributed by atoms with Crippen molar-refractivity contribution in [2.45, 2.75) is 60.3 Å². The van der Waals surface area contributed by atoms with Gasteiger partial charge in [0.05, 0.1) is 26.4 Å². The molecule has 0 amide bonds. The van der Waals surface area contributed by atoms with Crippen molar-refractivity contribution in [1.82, 2.24) is 4.90 Å².